The molecular formula is C5H7NO. The molecule has 0 saturated heterocycles. The van der Waals surface area contributed by atoms with Crippen molar-refractivity contribution in [3.63, 3.8) is 0 Å². The van der Waals surface area contributed by atoms with Crippen molar-refractivity contribution in [3.05, 3.63) is 12.2 Å². The zero-order valence-corrected chi connectivity index (χ0v) is 4.22. The van der Waals surface area contributed by atoms with E-state index in [2.05, 4.69) is 4.74 Å². The van der Waals surface area contributed by atoms with E-state index in [0.717, 1.165) is 0 Å². The fourth-order valence-corrected chi connectivity index (χ4v) is 0.197. The van der Waals surface area contributed by atoms with Gasteiger partial charge in [-0.05, 0) is 6.08 Å². The van der Waals surface area contributed by atoms with Gasteiger partial charge in [0.15, 0.2) is 0 Å². The van der Waals surface area contributed by atoms with Crippen molar-refractivity contribution < 1.29 is 4.74 Å². The standard InChI is InChI=1S/C5H7NO/c1-7-5-3-2-4-6/h2-3H,5H2,1H3/b3-2+. The number of hydrogen-bond donors (Lipinski definition) is 0. The maximum absolute atomic E-state index is 7.90. The van der Waals surface area contributed by atoms with Gasteiger partial charge in [-0.1, -0.05) is 0 Å². The van der Waals surface area contributed by atoms with Crippen LogP contribution in [-0.4, -0.2) is 13.7 Å². The van der Waals surface area contributed by atoms with E-state index in [4.69, 9.17) is 5.26 Å². The van der Waals surface area contributed by atoms with E-state index in [1.807, 2.05) is 6.07 Å². The Morgan fingerprint density at radius 2 is 2.57 bits per heavy atom. The number of hydrogen-bond acceptors (Lipinski definition) is 2. The van der Waals surface area contributed by atoms with Gasteiger partial charge >= 0.3 is 0 Å². The first-order chi connectivity index (χ1) is 3.41. The minimum atomic E-state index is 0.521. The molecule has 0 spiro atoms. The van der Waals surface area contributed by atoms with Gasteiger partial charge in [0.05, 0.1) is 12.7 Å². The van der Waals surface area contributed by atoms with E-state index in [-0.39, 0.29) is 0 Å². The maximum Gasteiger partial charge on any atom is 0.0909 e. The van der Waals surface area contributed by atoms with Gasteiger partial charge in [-0.25, -0.2) is 0 Å². The molecule has 2 nitrogen and oxygen atoms in total. The highest BCUT2D eigenvalue weighted by atomic mass is 16.5. The summed E-state index contributed by atoms with van der Waals surface area (Å²) in [6.45, 7) is 0.521. The lowest BCUT2D eigenvalue weighted by molar-refractivity contribution is 0.234. The summed E-state index contributed by atoms with van der Waals surface area (Å²) in [6.07, 6.45) is 3.05. The van der Waals surface area contributed by atoms with Gasteiger partial charge < -0.3 is 4.74 Å². The topological polar surface area (TPSA) is 33.0 Å². The smallest absolute Gasteiger partial charge is 0.0909 e. The third-order valence-electron chi connectivity index (χ3n) is 0.455. The lowest BCUT2D eigenvalue weighted by atomic mass is 10.5. The molecule has 0 bridgehead atoms. The van der Waals surface area contributed by atoms with Crippen molar-refractivity contribution in [2.75, 3.05) is 13.7 Å². The first kappa shape index (κ1) is 6.19. The highest BCUT2D eigenvalue weighted by Gasteiger charge is 1.65. The van der Waals surface area contributed by atoms with Crippen molar-refractivity contribution in [2.24, 2.45) is 0 Å². The number of methoxy groups -OCH3 is 1. The van der Waals surface area contributed by atoms with Crippen molar-refractivity contribution in [3.8, 4) is 6.07 Å². The van der Waals surface area contributed by atoms with Gasteiger partial charge in [0.25, 0.3) is 0 Å². The summed E-state index contributed by atoms with van der Waals surface area (Å²) < 4.78 is 4.61. The van der Waals surface area contributed by atoms with E-state index < -0.39 is 0 Å². The average molecular weight is 97.1 g/mol. The van der Waals surface area contributed by atoms with E-state index in [9.17, 15) is 0 Å². The van der Waals surface area contributed by atoms with Crippen molar-refractivity contribution >= 4 is 0 Å². The maximum atomic E-state index is 7.90. The first-order valence-electron chi connectivity index (χ1n) is 1.95. The molecule has 0 unspecified atom stereocenters. The summed E-state index contributed by atoms with van der Waals surface area (Å²) in [4.78, 5) is 0. The molecule has 0 heterocycles. The predicted octanol–water partition coefficient (Wildman–Crippen LogP) is 0.713. The van der Waals surface area contributed by atoms with E-state index in [1.165, 1.54) is 6.08 Å². The molecule has 0 rings (SSSR count). The first-order valence-corrected chi connectivity index (χ1v) is 1.95. The van der Waals surface area contributed by atoms with E-state index >= 15 is 0 Å². The lowest BCUT2D eigenvalue weighted by Crippen LogP contribution is -1.78. The Bertz CT molecular complexity index is 90.7. The van der Waals surface area contributed by atoms with Crippen LogP contribution in [0.3, 0.4) is 0 Å². The van der Waals surface area contributed by atoms with E-state index in [0.29, 0.717) is 6.61 Å². The molecule has 0 saturated carbocycles. The molecule has 0 aromatic carbocycles. The molecule has 38 valence electrons. The van der Waals surface area contributed by atoms with Crippen LogP contribution < -0.4 is 0 Å². The summed E-state index contributed by atoms with van der Waals surface area (Å²) in [5.74, 6) is 0. The predicted molar refractivity (Wildman–Crippen MR) is 26.6 cm³/mol. The van der Waals surface area contributed by atoms with Crippen LogP contribution in [0.25, 0.3) is 0 Å². The summed E-state index contributed by atoms with van der Waals surface area (Å²) in [6, 6.07) is 1.84. The molecule has 0 aromatic rings. The highest BCUT2D eigenvalue weighted by Crippen LogP contribution is 1.68. The minimum Gasteiger partial charge on any atom is -0.381 e. The van der Waals surface area contributed by atoms with Gasteiger partial charge in [-0.2, -0.15) is 5.26 Å². The van der Waals surface area contributed by atoms with Crippen LogP contribution in [0.2, 0.25) is 0 Å². The molecule has 0 fully saturated rings. The Labute approximate surface area is 43.0 Å². The van der Waals surface area contributed by atoms with Gasteiger partial charge in [-0.3, -0.25) is 0 Å². The number of nitriles is 1. The van der Waals surface area contributed by atoms with E-state index in [1.54, 1.807) is 13.2 Å². The molecule has 0 aromatic heterocycles. The molecular weight excluding hydrogens is 90.1 g/mol. The Morgan fingerprint density at radius 1 is 1.86 bits per heavy atom. The number of allylic oxidation sites excluding steroid dienone is 1. The number of nitrogens with zero attached hydrogens (tertiary/aromatic N) is 1. The van der Waals surface area contributed by atoms with Crippen LogP contribution in [0.15, 0.2) is 12.2 Å². The Kier molecular flexibility index (Phi) is 4.59. The molecule has 0 aliphatic heterocycles. The van der Waals surface area contributed by atoms with Crippen LogP contribution in [0.4, 0.5) is 0 Å². The Morgan fingerprint density at radius 3 is 3.00 bits per heavy atom. The zero-order valence-electron chi connectivity index (χ0n) is 4.22. The SMILES string of the molecule is COC/C=C/C#N. The highest BCUT2D eigenvalue weighted by molar-refractivity contribution is 5.01. The molecule has 7 heavy (non-hydrogen) atoms. The summed E-state index contributed by atoms with van der Waals surface area (Å²) >= 11 is 0. The molecule has 0 N–H and O–H groups in total. The van der Waals surface area contributed by atoms with Crippen LogP contribution in [-0.2, 0) is 4.74 Å². The van der Waals surface area contributed by atoms with Crippen LogP contribution >= 0.6 is 0 Å². The van der Waals surface area contributed by atoms with Gasteiger partial charge in [0, 0.05) is 13.2 Å². The van der Waals surface area contributed by atoms with Crippen LogP contribution in [0, 0.1) is 11.3 Å². The molecule has 0 amide bonds. The summed E-state index contributed by atoms with van der Waals surface area (Å²) in [7, 11) is 1.59. The lowest BCUT2D eigenvalue weighted by Gasteiger charge is -1.81. The monoisotopic (exact) mass is 97.1 g/mol. The second-order valence-corrected chi connectivity index (χ2v) is 0.987. The van der Waals surface area contributed by atoms with Crippen molar-refractivity contribution in [1.82, 2.24) is 0 Å². The quantitative estimate of drug-likeness (QED) is 0.475. The third kappa shape index (κ3) is 5.19. The van der Waals surface area contributed by atoms with Gasteiger partial charge in [-0.15, -0.1) is 0 Å². The summed E-state index contributed by atoms with van der Waals surface area (Å²) in [5.41, 5.74) is 0. The molecule has 0 radical (unpaired) electrons. The normalized spacial score (nSPS) is 9.14. The molecule has 0 atom stereocenters. The zero-order chi connectivity index (χ0) is 5.54. The van der Waals surface area contributed by atoms with Gasteiger partial charge in [0.1, 0.15) is 0 Å². The van der Waals surface area contributed by atoms with Crippen LogP contribution in [0.1, 0.15) is 0 Å². The van der Waals surface area contributed by atoms with Crippen molar-refractivity contribution in [2.45, 2.75) is 0 Å². The van der Waals surface area contributed by atoms with Crippen LogP contribution in [0.5, 0.6) is 0 Å². The fourth-order valence-electron chi connectivity index (χ4n) is 0.197. The number of ether oxygens (including phenoxy) is 1. The number of rotatable bonds is 2. The molecule has 2 heteroatoms. The Balaban J connectivity index is 2.97. The van der Waals surface area contributed by atoms with Gasteiger partial charge in [0.2, 0.25) is 0 Å². The third-order valence-corrected chi connectivity index (χ3v) is 0.455. The second kappa shape index (κ2) is 5.19. The average Bonchev–Trinajstić information content (AvgIpc) is 1.69. The molecule has 0 aliphatic carbocycles. The Hall–Kier alpha value is -0.810. The summed E-state index contributed by atoms with van der Waals surface area (Å²) in [5, 5.41) is 7.90. The fraction of sp³-hybridized carbons (Fsp3) is 0.400. The largest absolute Gasteiger partial charge is 0.381 e. The van der Waals surface area contributed by atoms with Crippen molar-refractivity contribution in [1.29, 1.82) is 5.26 Å². The molecule has 0 aliphatic rings. The minimum absolute atomic E-state index is 0.521. The second-order valence-electron chi connectivity index (χ2n) is 0.987.